The summed E-state index contributed by atoms with van der Waals surface area (Å²) in [5.74, 6) is -1.65. The maximum Gasteiger partial charge on any atom is 0.192 e. The Labute approximate surface area is 86.2 Å². The molecule has 0 saturated carbocycles. The van der Waals surface area contributed by atoms with Crippen molar-refractivity contribution in [1.82, 2.24) is 0 Å². The van der Waals surface area contributed by atoms with E-state index in [9.17, 15) is 0 Å². The summed E-state index contributed by atoms with van der Waals surface area (Å²) in [6.45, 7) is 0. The number of quaternary nitrogens is 1. The highest BCUT2D eigenvalue weighted by Gasteiger charge is 2.06. The zero-order valence-corrected chi connectivity index (χ0v) is 8.07. The minimum Gasteiger partial charge on any atom is -0.549 e. The van der Waals surface area contributed by atoms with E-state index in [0.717, 1.165) is 5.69 Å². The number of aliphatic imine (C=N–C) groups is 1. The van der Waals surface area contributed by atoms with E-state index < -0.39 is 11.8 Å². The topological polar surface area (TPSA) is 69.1 Å². The first-order chi connectivity index (χ1) is 6.74. The number of para-hydroxylation sites is 2. The van der Waals surface area contributed by atoms with Gasteiger partial charge < -0.3 is 9.90 Å². The fourth-order valence-electron chi connectivity index (χ4n) is 0.944. The zero-order chi connectivity index (χ0) is 10.4. The molecular weight excluding hydrogens is 204 g/mol. The minimum absolute atomic E-state index is 0.417. The standard InChI is InChI=1S/C7H6N2.C2H3ClO2/c1-2-4-7-6(3-1)8-5-9-7;3-1-2(4)5/h1-5H,(H,8,9);1H2,(H,4,5). The Bertz CT molecular complexity index is 352. The van der Waals surface area contributed by atoms with Crippen LogP contribution in [-0.2, 0) is 4.79 Å². The number of aliphatic carboxylic acids is 1. The van der Waals surface area contributed by atoms with Gasteiger partial charge in [-0.1, -0.05) is 12.1 Å². The number of nitrogens with zero attached hydrogens (tertiary/aromatic N) is 1. The molecule has 1 aliphatic heterocycles. The first kappa shape index (κ1) is 10.7. The summed E-state index contributed by atoms with van der Waals surface area (Å²) in [5.41, 5.74) is 2.30. The van der Waals surface area contributed by atoms with Crippen molar-refractivity contribution in [3.8, 4) is 0 Å². The molecule has 2 N–H and O–H groups in total. The van der Waals surface area contributed by atoms with E-state index in [4.69, 9.17) is 9.90 Å². The molecule has 0 atom stereocenters. The Balaban J connectivity index is 0.000000171. The Morgan fingerprint density at radius 2 is 2.14 bits per heavy atom. The Morgan fingerprint density at radius 1 is 1.50 bits per heavy atom. The van der Waals surface area contributed by atoms with E-state index in [1.54, 1.807) is 0 Å². The maximum atomic E-state index is 9.12. The molecule has 0 radical (unpaired) electrons. The monoisotopic (exact) mass is 212 g/mol. The lowest BCUT2D eigenvalue weighted by Gasteiger charge is -1.87. The first-order valence-corrected chi connectivity index (χ1v) is 4.49. The van der Waals surface area contributed by atoms with Crippen molar-refractivity contribution in [2.75, 3.05) is 5.88 Å². The number of rotatable bonds is 1. The molecule has 0 saturated heterocycles. The summed E-state index contributed by atoms with van der Waals surface area (Å²) in [5, 5.41) is 11.1. The quantitative estimate of drug-likeness (QED) is 0.505. The third kappa shape index (κ3) is 3.16. The van der Waals surface area contributed by atoms with Gasteiger partial charge in [0, 0.05) is 6.07 Å². The average molecular weight is 213 g/mol. The normalized spacial score (nSPS) is 11.5. The van der Waals surface area contributed by atoms with Crippen molar-refractivity contribution in [2.24, 2.45) is 4.99 Å². The molecule has 1 aromatic carbocycles. The molecule has 2 rings (SSSR count). The van der Waals surface area contributed by atoms with Crippen molar-refractivity contribution in [2.45, 2.75) is 0 Å². The Kier molecular flexibility index (Phi) is 4.10. The molecule has 14 heavy (non-hydrogen) atoms. The van der Waals surface area contributed by atoms with Gasteiger partial charge in [-0.3, -0.25) is 5.32 Å². The molecular formula is C9H9ClN2O2. The van der Waals surface area contributed by atoms with Crippen LogP contribution in [0.25, 0.3) is 0 Å². The van der Waals surface area contributed by atoms with Gasteiger partial charge in [0.25, 0.3) is 0 Å². The molecule has 1 aromatic rings. The number of fused-ring (bicyclic) bond motifs is 1. The van der Waals surface area contributed by atoms with Crippen LogP contribution in [0.4, 0.5) is 11.4 Å². The maximum absolute atomic E-state index is 9.12. The van der Waals surface area contributed by atoms with Crippen molar-refractivity contribution in [3.63, 3.8) is 0 Å². The van der Waals surface area contributed by atoms with Gasteiger partial charge in [-0.05, 0) is 6.07 Å². The smallest absolute Gasteiger partial charge is 0.192 e. The van der Waals surface area contributed by atoms with Crippen LogP contribution in [0.3, 0.4) is 0 Å². The van der Waals surface area contributed by atoms with Gasteiger partial charge >= 0.3 is 0 Å². The van der Waals surface area contributed by atoms with Gasteiger partial charge in [0.05, 0.1) is 11.8 Å². The molecule has 1 heterocycles. The van der Waals surface area contributed by atoms with E-state index in [0.29, 0.717) is 0 Å². The fraction of sp³-hybridized carbons (Fsp3) is 0.111. The number of hydrogen-bond donors (Lipinski definition) is 1. The van der Waals surface area contributed by atoms with Crippen LogP contribution in [0.15, 0.2) is 29.3 Å². The van der Waals surface area contributed by atoms with Crippen LogP contribution >= 0.6 is 11.6 Å². The average Bonchev–Trinajstić information content (AvgIpc) is 2.66. The number of carboxylic acids is 1. The predicted molar refractivity (Wildman–Crippen MR) is 51.9 cm³/mol. The van der Waals surface area contributed by atoms with Gasteiger partial charge in [0.2, 0.25) is 0 Å². The number of halogens is 1. The highest BCUT2D eigenvalue weighted by molar-refractivity contribution is 6.25. The summed E-state index contributed by atoms with van der Waals surface area (Å²) >= 11 is 4.67. The lowest BCUT2D eigenvalue weighted by molar-refractivity contribution is -0.427. The number of carboxylic acid groups (broad SMARTS) is 1. The number of hydrogen-bond acceptors (Lipinski definition) is 3. The van der Waals surface area contributed by atoms with Gasteiger partial charge in [0.1, 0.15) is 5.69 Å². The molecule has 0 unspecified atom stereocenters. The van der Waals surface area contributed by atoms with Crippen molar-refractivity contribution in [3.05, 3.63) is 24.3 Å². The largest absolute Gasteiger partial charge is 0.549 e. The molecule has 0 fully saturated rings. The second-order valence-corrected chi connectivity index (χ2v) is 2.78. The molecule has 0 aliphatic carbocycles. The van der Waals surface area contributed by atoms with E-state index in [-0.39, 0.29) is 0 Å². The van der Waals surface area contributed by atoms with Gasteiger partial charge in [-0.25, -0.2) is 0 Å². The second-order valence-electron chi connectivity index (χ2n) is 2.51. The first-order valence-electron chi connectivity index (χ1n) is 3.96. The molecule has 0 spiro atoms. The Morgan fingerprint density at radius 3 is 2.71 bits per heavy atom. The number of carbonyl (C=O) groups is 1. The SMILES string of the molecule is C1=Nc2ccccc2[NH2+]1.O=C([O-])CCl. The summed E-state index contributed by atoms with van der Waals surface area (Å²) in [6.07, 6.45) is 1.82. The number of alkyl halides is 1. The number of nitrogens with two attached hydrogens (primary N) is 1. The lowest BCUT2D eigenvalue weighted by Crippen LogP contribution is -2.74. The van der Waals surface area contributed by atoms with Gasteiger partial charge in [0.15, 0.2) is 12.0 Å². The van der Waals surface area contributed by atoms with E-state index in [2.05, 4.69) is 22.7 Å². The molecule has 0 aromatic heterocycles. The zero-order valence-electron chi connectivity index (χ0n) is 7.31. The molecule has 0 bridgehead atoms. The molecule has 0 amide bonds. The Hall–Kier alpha value is -1.39. The van der Waals surface area contributed by atoms with Gasteiger partial charge in [-0.2, -0.15) is 4.99 Å². The third-order valence-electron chi connectivity index (χ3n) is 1.51. The van der Waals surface area contributed by atoms with E-state index in [1.807, 2.05) is 29.9 Å². The van der Waals surface area contributed by atoms with E-state index in [1.165, 1.54) is 5.69 Å². The second kappa shape index (κ2) is 5.36. The van der Waals surface area contributed by atoms with Crippen LogP contribution in [0.2, 0.25) is 0 Å². The molecule has 4 nitrogen and oxygen atoms in total. The number of carbonyl (C=O) groups excluding carboxylic acids is 1. The highest BCUT2D eigenvalue weighted by atomic mass is 35.5. The predicted octanol–water partition coefficient (Wildman–Crippen LogP) is -0.470. The van der Waals surface area contributed by atoms with Gasteiger partial charge in [-0.15, -0.1) is 11.6 Å². The fourth-order valence-corrected chi connectivity index (χ4v) is 0.944. The van der Waals surface area contributed by atoms with Crippen LogP contribution in [0.5, 0.6) is 0 Å². The van der Waals surface area contributed by atoms with Crippen LogP contribution in [0, 0.1) is 0 Å². The molecule has 74 valence electrons. The van der Waals surface area contributed by atoms with Crippen LogP contribution < -0.4 is 10.4 Å². The third-order valence-corrected chi connectivity index (χ3v) is 1.73. The summed E-state index contributed by atoms with van der Waals surface area (Å²) in [7, 11) is 0. The van der Waals surface area contributed by atoms with Crippen LogP contribution in [-0.4, -0.2) is 18.2 Å². The molecule has 1 aliphatic rings. The van der Waals surface area contributed by atoms with Crippen molar-refractivity contribution in [1.29, 1.82) is 0 Å². The minimum atomic E-state index is -1.23. The molecule has 5 heteroatoms. The number of benzene rings is 1. The van der Waals surface area contributed by atoms with Crippen molar-refractivity contribution >= 4 is 35.3 Å². The van der Waals surface area contributed by atoms with Crippen LogP contribution in [0.1, 0.15) is 0 Å². The van der Waals surface area contributed by atoms with E-state index >= 15 is 0 Å². The highest BCUT2D eigenvalue weighted by Crippen LogP contribution is 2.20. The summed E-state index contributed by atoms with van der Waals surface area (Å²) in [4.78, 5) is 13.2. The lowest BCUT2D eigenvalue weighted by atomic mass is 10.3. The summed E-state index contributed by atoms with van der Waals surface area (Å²) < 4.78 is 0. The van der Waals surface area contributed by atoms with Crippen molar-refractivity contribution < 1.29 is 15.2 Å². The summed E-state index contributed by atoms with van der Waals surface area (Å²) in [6, 6.07) is 8.08.